The summed E-state index contributed by atoms with van der Waals surface area (Å²) < 4.78 is 17.2. The van der Waals surface area contributed by atoms with Gasteiger partial charge in [0.2, 0.25) is 0 Å². The molecule has 0 radical (unpaired) electrons. The van der Waals surface area contributed by atoms with Crippen LogP contribution in [-0.4, -0.2) is 25.4 Å². The smallest absolute Gasteiger partial charge is 0.142 e. The second kappa shape index (κ2) is 5.52. The van der Waals surface area contributed by atoms with Crippen molar-refractivity contribution in [2.45, 2.75) is 50.2 Å². The molecular formula is C16H23NO3. The van der Waals surface area contributed by atoms with E-state index in [1.165, 1.54) is 32.1 Å². The molecule has 20 heavy (non-hydrogen) atoms. The number of benzene rings is 1. The molecule has 1 aromatic carbocycles. The van der Waals surface area contributed by atoms with Crippen molar-refractivity contribution < 1.29 is 14.2 Å². The molecule has 1 aliphatic heterocycles. The Kier molecular flexibility index (Phi) is 3.74. The van der Waals surface area contributed by atoms with E-state index in [2.05, 4.69) is 0 Å². The van der Waals surface area contributed by atoms with E-state index in [1.807, 2.05) is 12.1 Å². The summed E-state index contributed by atoms with van der Waals surface area (Å²) in [7, 11) is 1.61. The second-order valence-corrected chi connectivity index (χ2v) is 5.88. The minimum absolute atomic E-state index is 0.174. The van der Waals surface area contributed by atoms with E-state index in [9.17, 15) is 0 Å². The van der Waals surface area contributed by atoms with E-state index in [4.69, 9.17) is 19.9 Å². The Morgan fingerprint density at radius 1 is 1.30 bits per heavy atom. The molecule has 3 rings (SSSR count). The van der Waals surface area contributed by atoms with Gasteiger partial charge in [0.1, 0.15) is 18.1 Å². The van der Waals surface area contributed by atoms with Crippen LogP contribution in [0.15, 0.2) is 18.2 Å². The Morgan fingerprint density at radius 3 is 2.80 bits per heavy atom. The fraction of sp³-hybridized carbons (Fsp3) is 0.625. The lowest BCUT2D eigenvalue weighted by Gasteiger charge is -2.23. The first-order valence-electron chi connectivity index (χ1n) is 7.45. The Bertz CT molecular complexity index is 469. The molecule has 0 amide bonds. The Labute approximate surface area is 120 Å². The van der Waals surface area contributed by atoms with Gasteiger partial charge in [0.15, 0.2) is 0 Å². The monoisotopic (exact) mass is 277 g/mol. The van der Waals surface area contributed by atoms with Crippen LogP contribution in [0.4, 0.5) is 5.69 Å². The predicted octanol–water partition coefficient (Wildman–Crippen LogP) is 3.15. The molecule has 1 aromatic rings. The molecular weight excluding hydrogens is 254 g/mol. The highest BCUT2D eigenvalue weighted by atomic mass is 16.6. The van der Waals surface area contributed by atoms with Crippen LogP contribution >= 0.6 is 0 Å². The zero-order chi connectivity index (χ0) is 14.0. The van der Waals surface area contributed by atoms with Crippen molar-refractivity contribution in [2.24, 2.45) is 0 Å². The van der Waals surface area contributed by atoms with Crippen LogP contribution in [0.25, 0.3) is 0 Å². The second-order valence-electron chi connectivity index (χ2n) is 5.88. The van der Waals surface area contributed by atoms with Crippen molar-refractivity contribution in [1.29, 1.82) is 0 Å². The zero-order valence-corrected chi connectivity index (χ0v) is 12.1. The minimum Gasteiger partial charge on any atom is -0.495 e. The Balaban J connectivity index is 1.54. The number of ether oxygens (including phenoxy) is 3. The first-order chi connectivity index (χ1) is 9.71. The number of hydrogen-bond donors (Lipinski definition) is 1. The zero-order valence-electron chi connectivity index (χ0n) is 12.1. The molecule has 110 valence electrons. The summed E-state index contributed by atoms with van der Waals surface area (Å²) in [5.41, 5.74) is 6.65. The number of anilines is 1. The maximum absolute atomic E-state index is 6.23. The number of nitrogens with two attached hydrogens (primary N) is 1. The molecule has 4 heteroatoms. The van der Waals surface area contributed by atoms with Gasteiger partial charge >= 0.3 is 0 Å². The third-order valence-corrected chi connectivity index (χ3v) is 4.49. The summed E-state index contributed by atoms with van der Waals surface area (Å²) in [6.07, 6.45) is 7.57. The Hall–Kier alpha value is -1.42. The van der Waals surface area contributed by atoms with Crippen LogP contribution in [0.5, 0.6) is 11.5 Å². The first kappa shape index (κ1) is 13.6. The van der Waals surface area contributed by atoms with Crippen molar-refractivity contribution in [3.05, 3.63) is 18.2 Å². The van der Waals surface area contributed by atoms with Crippen molar-refractivity contribution in [3.63, 3.8) is 0 Å². The van der Waals surface area contributed by atoms with Crippen molar-refractivity contribution in [2.75, 3.05) is 19.5 Å². The molecule has 1 atom stereocenters. The van der Waals surface area contributed by atoms with Gasteiger partial charge in [-0.05, 0) is 37.8 Å². The molecule has 1 saturated heterocycles. The van der Waals surface area contributed by atoms with Crippen LogP contribution in [-0.2, 0) is 4.74 Å². The molecule has 1 heterocycles. The number of methoxy groups -OCH3 is 1. The van der Waals surface area contributed by atoms with Gasteiger partial charge in [-0.2, -0.15) is 0 Å². The van der Waals surface area contributed by atoms with Crippen LogP contribution in [0, 0.1) is 0 Å². The lowest BCUT2D eigenvalue weighted by Crippen LogP contribution is -2.27. The van der Waals surface area contributed by atoms with Crippen LogP contribution < -0.4 is 15.2 Å². The number of rotatable bonds is 4. The topological polar surface area (TPSA) is 53.7 Å². The fourth-order valence-corrected chi connectivity index (χ4v) is 3.39. The number of hydrogen-bond acceptors (Lipinski definition) is 4. The van der Waals surface area contributed by atoms with Crippen LogP contribution in [0.2, 0.25) is 0 Å². The highest BCUT2D eigenvalue weighted by molar-refractivity contribution is 5.56. The van der Waals surface area contributed by atoms with Crippen molar-refractivity contribution in [1.82, 2.24) is 0 Å². The summed E-state index contributed by atoms with van der Waals surface area (Å²) in [5, 5.41) is 0. The average Bonchev–Trinajstić information content (AvgIpc) is 3.07. The van der Waals surface area contributed by atoms with Gasteiger partial charge in [0.05, 0.1) is 24.5 Å². The largest absolute Gasteiger partial charge is 0.495 e. The van der Waals surface area contributed by atoms with Gasteiger partial charge < -0.3 is 19.9 Å². The van der Waals surface area contributed by atoms with Gasteiger partial charge in [-0.1, -0.05) is 12.8 Å². The molecule has 1 aliphatic carbocycles. The van der Waals surface area contributed by atoms with Crippen LogP contribution in [0.3, 0.4) is 0 Å². The number of nitrogen functional groups attached to an aromatic ring is 1. The van der Waals surface area contributed by atoms with Gasteiger partial charge in [0.25, 0.3) is 0 Å². The molecule has 0 bridgehead atoms. The van der Waals surface area contributed by atoms with E-state index in [0.29, 0.717) is 18.0 Å². The minimum atomic E-state index is 0.174. The molecule has 0 aromatic heterocycles. The van der Waals surface area contributed by atoms with Gasteiger partial charge in [0, 0.05) is 6.07 Å². The van der Waals surface area contributed by atoms with Crippen molar-refractivity contribution in [3.8, 4) is 11.5 Å². The summed E-state index contributed by atoms with van der Waals surface area (Å²) in [5.74, 6) is 1.46. The first-order valence-corrected chi connectivity index (χ1v) is 7.45. The van der Waals surface area contributed by atoms with E-state index in [-0.39, 0.29) is 11.7 Å². The fourth-order valence-electron chi connectivity index (χ4n) is 3.39. The average molecular weight is 277 g/mol. The molecule has 4 nitrogen and oxygen atoms in total. The molecule has 1 saturated carbocycles. The highest BCUT2D eigenvalue weighted by Gasteiger charge is 2.42. The molecule has 1 unspecified atom stereocenters. The lowest BCUT2D eigenvalue weighted by atomic mass is 9.98. The maximum atomic E-state index is 6.23. The third kappa shape index (κ3) is 2.70. The molecule has 1 spiro atoms. The van der Waals surface area contributed by atoms with E-state index in [1.54, 1.807) is 13.2 Å². The molecule has 2 aliphatic rings. The van der Waals surface area contributed by atoms with Gasteiger partial charge in [-0.25, -0.2) is 0 Å². The summed E-state index contributed by atoms with van der Waals surface area (Å²) in [4.78, 5) is 0. The quantitative estimate of drug-likeness (QED) is 0.859. The SMILES string of the molecule is COc1ccc(OCC2CCC3(CCCC3)O2)cc1N. The maximum Gasteiger partial charge on any atom is 0.142 e. The lowest BCUT2D eigenvalue weighted by molar-refractivity contribution is -0.0508. The summed E-state index contributed by atoms with van der Waals surface area (Å²) in [6, 6.07) is 5.52. The predicted molar refractivity (Wildman–Crippen MR) is 78.2 cm³/mol. The summed E-state index contributed by atoms with van der Waals surface area (Å²) >= 11 is 0. The standard InChI is InChI=1S/C16H23NO3/c1-18-15-5-4-12(10-14(15)17)19-11-13-6-9-16(20-13)7-2-3-8-16/h4-5,10,13H,2-3,6-9,11,17H2,1H3. The molecule has 2 N–H and O–H groups in total. The molecule has 2 fully saturated rings. The van der Waals surface area contributed by atoms with E-state index >= 15 is 0 Å². The van der Waals surface area contributed by atoms with Crippen molar-refractivity contribution >= 4 is 5.69 Å². The van der Waals surface area contributed by atoms with Crippen LogP contribution in [0.1, 0.15) is 38.5 Å². The van der Waals surface area contributed by atoms with E-state index in [0.717, 1.165) is 12.2 Å². The van der Waals surface area contributed by atoms with Gasteiger partial charge in [-0.15, -0.1) is 0 Å². The third-order valence-electron chi connectivity index (χ3n) is 4.49. The van der Waals surface area contributed by atoms with Gasteiger partial charge in [-0.3, -0.25) is 0 Å². The normalized spacial score (nSPS) is 24.1. The Morgan fingerprint density at radius 2 is 2.10 bits per heavy atom. The summed E-state index contributed by atoms with van der Waals surface area (Å²) in [6.45, 7) is 0.605. The van der Waals surface area contributed by atoms with E-state index < -0.39 is 0 Å². The highest BCUT2D eigenvalue weighted by Crippen LogP contribution is 2.43.